The van der Waals surface area contributed by atoms with Crippen LogP contribution in [0.1, 0.15) is 29.7 Å². The van der Waals surface area contributed by atoms with Crippen molar-refractivity contribution in [2.45, 2.75) is 20.0 Å². The van der Waals surface area contributed by atoms with Crippen LogP contribution in [0.2, 0.25) is 0 Å². The molecule has 0 radical (unpaired) electrons. The van der Waals surface area contributed by atoms with Crippen molar-refractivity contribution in [3.8, 4) is 11.5 Å². The molecule has 176 valence electrons. The van der Waals surface area contributed by atoms with Crippen molar-refractivity contribution >= 4 is 23.4 Å². The first kappa shape index (κ1) is 22.9. The highest BCUT2D eigenvalue weighted by Crippen LogP contribution is 2.33. The Kier molecular flexibility index (Phi) is 7.12. The number of benzene rings is 2. The molecule has 3 amide bonds. The Bertz CT molecular complexity index is 1160. The summed E-state index contributed by atoms with van der Waals surface area (Å²) in [4.78, 5) is 39.0. The van der Waals surface area contributed by atoms with Gasteiger partial charge in [0.05, 0.1) is 18.2 Å². The van der Waals surface area contributed by atoms with Crippen LogP contribution in [0.15, 0.2) is 71.1 Å². The molecule has 0 aliphatic carbocycles. The van der Waals surface area contributed by atoms with Gasteiger partial charge in [0, 0.05) is 13.0 Å². The maximum absolute atomic E-state index is 12.6. The minimum Gasteiger partial charge on any atom is -0.492 e. The van der Waals surface area contributed by atoms with E-state index in [1.54, 1.807) is 24.3 Å². The fourth-order valence-corrected chi connectivity index (χ4v) is 3.60. The molecule has 9 heteroatoms. The molecule has 1 aliphatic rings. The molecule has 1 aliphatic heterocycles. The summed E-state index contributed by atoms with van der Waals surface area (Å²) in [6.45, 7) is 2.67. The Balaban J connectivity index is 1.29. The van der Waals surface area contributed by atoms with Crippen LogP contribution in [0.5, 0.6) is 11.5 Å². The van der Waals surface area contributed by atoms with E-state index in [1.165, 1.54) is 11.0 Å². The molecule has 34 heavy (non-hydrogen) atoms. The minimum absolute atomic E-state index is 0.0294. The largest absolute Gasteiger partial charge is 0.492 e. The number of carbonyl (C=O) groups is 3. The van der Waals surface area contributed by atoms with Gasteiger partial charge < -0.3 is 18.8 Å². The molecule has 4 rings (SSSR count). The van der Waals surface area contributed by atoms with Crippen molar-refractivity contribution in [2.24, 2.45) is 5.92 Å². The van der Waals surface area contributed by atoms with Gasteiger partial charge in [-0.05, 0) is 43.3 Å². The number of para-hydroxylation sites is 3. The summed E-state index contributed by atoms with van der Waals surface area (Å²) in [5.41, 5.74) is 5.34. The van der Waals surface area contributed by atoms with E-state index in [0.717, 1.165) is 0 Å². The molecular weight excluding hydrogens is 438 g/mol. The van der Waals surface area contributed by atoms with E-state index in [-0.39, 0.29) is 31.2 Å². The summed E-state index contributed by atoms with van der Waals surface area (Å²) in [6.07, 6.45) is 0.0316. The van der Waals surface area contributed by atoms with Gasteiger partial charge in [0.1, 0.15) is 23.9 Å². The zero-order valence-electron chi connectivity index (χ0n) is 18.7. The Morgan fingerprint density at radius 2 is 1.76 bits per heavy atom. The zero-order chi connectivity index (χ0) is 23.9. The number of anilines is 1. The number of carbonyl (C=O) groups excluding carboxylic acids is 3. The predicted molar refractivity (Wildman–Crippen MR) is 123 cm³/mol. The second kappa shape index (κ2) is 10.6. The van der Waals surface area contributed by atoms with Gasteiger partial charge in [0.2, 0.25) is 11.8 Å². The van der Waals surface area contributed by atoms with Gasteiger partial charge in [0.15, 0.2) is 5.76 Å². The molecule has 2 aromatic carbocycles. The molecule has 3 aromatic rings. The fraction of sp³-hybridized carbons (Fsp3) is 0.240. The molecule has 2 N–H and O–H groups in total. The second-order valence-corrected chi connectivity index (χ2v) is 7.62. The molecule has 1 unspecified atom stereocenters. The van der Waals surface area contributed by atoms with Gasteiger partial charge in [-0.15, -0.1) is 0 Å². The summed E-state index contributed by atoms with van der Waals surface area (Å²) >= 11 is 0. The highest BCUT2D eigenvalue weighted by Gasteiger charge is 2.36. The molecular formula is C25H25N3O6. The van der Waals surface area contributed by atoms with Crippen LogP contribution in [-0.2, 0) is 16.2 Å². The first-order valence-corrected chi connectivity index (χ1v) is 10.9. The van der Waals surface area contributed by atoms with E-state index in [9.17, 15) is 14.4 Å². The predicted octanol–water partition coefficient (Wildman–Crippen LogP) is 3.07. The third kappa shape index (κ3) is 5.37. The third-order valence-corrected chi connectivity index (χ3v) is 5.26. The van der Waals surface area contributed by atoms with E-state index in [1.807, 2.05) is 43.3 Å². The third-order valence-electron chi connectivity index (χ3n) is 5.26. The summed E-state index contributed by atoms with van der Waals surface area (Å²) in [5.74, 6) is -0.119. The van der Waals surface area contributed by atoms with Crippen molar-refractivity contribution in [2.75, 3.05) is 18.1 Å². The first-order valence-electron chi connectivity index (χ1n) is 10.9. The summed E-state index contributed by atoms with van der Waals surface area (Å²) in [5, 5.41) is 0. The smallest absolute Gasteiger partial charge is 0.305 e. The van der Waals surface area contributed by atoms with Gasteiger partial charge in [-0.2, -0.15) is 0 Å². The lowest BCUT2D eigenvalue weighted by Crippen LogP contribution is -2.45. The molecule has 1 fully saturated rings. The van der Waals surface area contributed by atoms with Gasteiger partial charge in [0.25, 0.3) is 0 Å². The molecule has 0 saturated carbocycles. The Labute approximate surface area is 196 Å². The standard InChI is InChI=1S/C25H25N3O6/c1-2-32-21-11-7-6-10-20(21)28-15-17(14-23(28)29)24(30)26-27-25(31)22-13-12-19(34-22)16-33-18-8-4-3-5-9-18/h3-13,17H,2,14-16H2,1H3,(H,26,30)(H,27,31). The van der Waals surface area contributed by atoms with Crippen LogP contribution < -0.4 is 25.2 Å². The van der Waals surface area contributed by atoms with Crippen LogP contribution in [0, 0.1) is 5.92 Å². The van der Waals surface area contributed by atoms with E-state index < -0.39 is 17.7 Å². The lowest BCUT2D eigenvalue weighted by atomic mass is 10.1. The second-order valence-electron chi connectivity index (χ2n) is 7.62. The summed E-state index contributed by atoms with van der Waals surface area (Å²) < 4.78 is 16.7. The number of nitrogens with zero attached hydrogens (tertiary/aromatic N) is 1. The maximum atomic E-state index is 12.6. The molecule has 9 nitrogen and oxygen atoms in total. The molecule has 1 saturated heterocycles. The number of furan rings is 1. The van der Waals surface area contributed by atoms with Crippen LogP contribution in [-0.4, -0.2) is 30.9 Å². The molecule has 0 spiro atoms. The number of ether oxygens (including phenoxy) is 2. The highest BCUT2D eigenvalue weighted by molar-refractivity contribution is 6.01. The van der Waals surface area contributed by atoms with Crippen LogP contribution in [0.25, 0.3) is 0 Å². The minimum atomic E-state index is -0.617. The number of hydrogen-bond donors (Lipinski definition) is 2. The monoisotopic (exact) mass is 463 g/mol. The lowest BCUT2D eigenvalue weighted by molar-refractivity contribution is -0.126. The summed E-state index contributed by atoms with van der Waals surface area (Å²) in [6, 6.07) is 19.5. The Morgan fingerprint density at radius 3 is 2.56 bits per heavy atom. The Hall–Kier alpha value is -4.27. The fourth-order valence-electron chi connectivity index (χ4n) is 3.60. The number of hydrazine groups is 1. The topological polar surface area (TPSA) is 110 Å². The molecule has 0 bridgehead atoms. The van der Waals surface area contributed by atoms with E-state index in [2.05, 4.69) is 10.9 Å². The number of rotatable bonds is 8. The van der Waals surface area contributed by atoms with Crippen LogP contribution >= 0.6 is 0 Å². The van der Waals surface area contributed by atoms with Crippen molar-refractivity contribution in [3.05, 3.63) is 78.3 Å². The van der Waals surface area contributed by atoms with Crippen molar-refractivity contribution in [1.82, 2.24) is 10.9 Å². The number of hydrogen-bond acceptors (Lipinski definition) is 6. The first-order chi connectivity index (χ1) is 16.5. The van der Waals surface area contributed by atoms with Crippen LogP contribution in [0.3, 0.4) is 0 Å². The van der Waals surface area contributed by atoms with Crippen molar-refractivity contribution in [3.63, 3.8) is 0 Å². The van der Waals surface area contributed by atoms with Gasteiger partial charge in [-0.1, -0.05) is 30.3 Å². The highest BCUT2D eigenvalue weighted by atomic mass is 16.5. The average Bonchev–Trinajstić information content (AvgIpc) is 3.49. The normalized spacial score (nSPS) is 15.1. The lowest BCUT2D eigenvalue weighted by Gasteiger charge is -2.20. The molecule has 1 atom stereocenters. The zero-order valence-corrected chi connectivity index (χ0v) is 18.7. The van der Waals surface area contributed by atoms with Gasteiger partial charge in [-0.25, -0.2) is 0 Å². The summed E-state index contributed by atoms with van der Waals surface area (Å²) in [7, 11) is 0. The quantitative estimate of drug-likeness (QED) is 0.497. The van der Waals surface area contributed by atoms with E-state index in [4.69, 9.17) is 13.9 Å². The molecule has 1 aromatic heterocycles. The average molecular weight is 463 g/mol. The maximum Gasteiger partial charge on any atom is 0.305 e. The number of nitrogens with one attached hydrogen (secondary N) is 2. The number of amides is 3. The van der Waals surface area contributed by atoms with Gasteiger partial charge in [-0.3, -0.25) is 25.2 Å². The Morgan fingerprint density at radius 1 is 1.00 bits per heavy atom. The SMILES string of the molecule is CCOc1ccccc1N1CC(C(=O)NNC(=O)c2ccc(COc3ccccc3)o2)CC1=O. The van der Waals surface area contributed by atoms with Crippen molar-refractivity contribution in [1.29, 1.82) is 0 Å². The van der Waals surface area contributed by atoms with E-state index in [0.29, 0.717) is 29.6 Å². The van der Waals surface area contributed by atoms with Crippen molar-refractivity contribution < 1.29 is 28.3 Å². The van der Waals surface area contributed by atoms with Gasteiger partial charge >= 0.3 is 5.91 Å². The van der Waals surface area contributed by atoms with Crippen LogP contribution in [0.4, 0.5) is 5.69 Å². The molecule has 2 heterocycles. The van der Waals surface area contributed by atoms with E-state index >= 15 is 0 Å².